The maximum Gasteiger partial charge on any atom is 0.109 e. The molecule has 0 radical (unpaired) electrons. The standard InChI is InChI=1S/C6H10N2.HI/c1-4-5(2)8-6(3)7;/h1,5H,2-3H3,(H2,7,8);1H. The first-order chi connectivity index (χ1) is 3.66. The van der Waals surface area contributed by atoms with Crippen LogP contribution >= 0.6 is 24.0 Å². The molecule has 0 aromatic rings. The molecule has 1 atom stereocenters. The van der Waals surface area contributed by atoms with Crippen LogP contribution in [0.1, 0.15) is 13.8 Å². The van der Waals surface area contributed by atoms with Crippen LogP contribution in [0.5, 0.6) is 0 Å². The summed E-state index contributed by atoms with van der Waals surface area (Å²) >= 11 is 0. The number of nitrogens with two attached hydrogens (primary N) is 1. The molecule has 3 heteroatoms. The van der Waals surface area contributed by atoms with Gasteiger partial charge in [0.15, 0.2) is 0 Å². The smallest absolute Gasteiger partial charge is 0.109 e. The van der Waals surface area contributed by atoms with Gasteiger partial charge in [0.2, 0.25) is 0 Å². The molecule has 0 aromatic carbocycles. The van der Waals surface area contributed by atoms with Crippen LogP contribution in [0.25, 0.3) is 0 Å². The Morgan fingerprint density at radius 1 is 1.78 bits per heavy atom. The fourth-order valence-corrected chi connectivity index (χ4v) is 0.343. The van der Waals surface area contributed by atoms with Crippen molar-refractivity contribution < 1.29 is 0 Å². The van der Waals surface area contributed by atoms with Crippen molar-refractivity contribution in [1.82, 2.24) is 0 Å². The molecule has 0 aliphatic heterocycles. The lowest BCUT2D eigenvalue weighted by Crippen LogP contribution is -2.09. The summed E-state index contributed by atoms with van der Waals surface area (Å²) in [5, 5.41) is 0. The topological polar surface area (TPSA) is 38.4 Å². The summed E-state index contributed by atoms with van der Waals surface area (Å²) in [4.78, 5) is 3.85. The average Bonchev–Trinajstić information content (AvgIpc) is 1.65. The SMILES string of the molecule is C#CC(C)N=C(C)N.I. The Morgan fingerprint density at radius 3 is 2.33 bits per heavy atom. The maximum absolute atomic E-state index is 5.22. The van der Waals surface area contributed by atoms with Crippen LogP contribution in [-0.4, -0.2) is 11.9 Å². The first-order valence-electron chi connectivity index (χ1n) is 2.43. The van der Waals surface area contributed by atoms with E-state index >= 15 is 0 Å². The predicted molar refractivity (Wildman–Crippen MR) is 51.0 cm³/mol. The van der Waals surface area contributed by atoms with Gasteiger partial charge >= 0.3 is 0 Å². The fraction of sp³-hybridized carbons (Fsp3) is 0.500. The van der Waals surface area contributed by atoms with Crippen LogP contribution in [0.3, 0.4) is 0 Å². The first-order valence-corrected chi connectivity index (χ1v) is 2.43. The molecule has 2 nitrogen and oxygen atoms in total. The molecule has 0 rings (SSSR count). The third-order valence-corrected chi connectivity index (χ3v) is 0.638. The highest BCUT2D eigenvalue weighted by molar-refractivity contribution is 14.0. The van der Waals surface area contributed by atoms with E-state index in [1.807, 2.05) is 6.92 Å². The lowest BCUT2D eigenvalue weighted by atomic mass is 10.4. The van der Waals surface area contributed by atoms with Gasteiger partial charge in [0.25, 0.3) is 0 Å². The largest absolute Gasteiger partial charge is 0.388 e. The summed E-state index contributed by atoms with van der Waals surface area (Å²) in [6.45, 7) is 3.53. The summed E-state index contributed by atoms with van der Waals surface area (Å²) in [6.07, 6.45) is 5.01. The molecule has 2 N–H and O–H groups in total. The van der Waals surface area contributed by atoms with Gasteiger partial charge in [-0.05, 0) is 13.8 Å². The highest BCUT2D eigenvalue weighted by Crippen LogP contribution is 1.83. The van der Waals surface area contributed by atoms with Crippen molar-refractivity contribution in [2.45, 2.75) is 19.9 Å². The normalized spacial score (nSPS) is 13.2. The average molecular weight is 238 g/mol. The molecular weight excluding hydrogens is 227 g/mol. The number of hydrogen-bond acceptors (Lipinski definition) is 1. The number of aliphatic imine (C=N–C) groups is 1. The van der Waals surface area contributed by atoms with Crippen LogP contribution in [0.2, 0.25) is 0 Å². The molecule has 0 amide bonds. The molecule has 0 heterocycles. The van der Waals surface area contributed by atoms with Crippen LogP contribution in [0.15, 0.2) is 4.99 Å². The van der Waals surface area contributed by atoms with E-state index in [2.05, 4.69) is 10.9 Å². The third kappa shape index (κ3) is 7.76. The molecule has 0 aliphatic carbocycles. The second kappa shape index (κ2) is 5.89. The Kier molecular flexibility index (Phi) is 7.55. The lowest BCUT2D eigenvalue weighted by molar-refractivity contribution is 0.954. The number of hydrogen-bond donors (Lipinski definition) is 1. The van der Waals surface area contributed by atoms with Gasteiger partial charge in [0.05, 0.1) is 5.84 Å². The van der Waals surface area contributed by atoms with E-state index in [1.165, 1.54) is 0 Å². The second-order valence-electron chi connectivity index (χ2n) is 1.61. The van der Waals surface area contributed by atoms with E-state index in [4.69, 9.17) is 12.2 Å². The van der Waals surface area contributed by atoms with Gasteiger partial charge in [-0.25, -0.2) is 0 Å². The van der Waals surface area contributed by atoms with Gasteiger partial charge in [0.1, 0.15) is 6.04 Å². The Hall–Kier alpha value is -0.240. The third-order valence-electron chi connectivity index (χ3n) is 0.638. The Balaban J connectivity index is 0. The van der Waals surface area contributed by atoms with Gasteiger partial charge in [-0.15, -0.1) is 30.4 Å². The van der Waals surface area contributed by atoms with Gasteiger partial charge in [-0.3, -0.25) is 4.99 Å². The molecule has 0 aromatic heterocycles. The van der Waals surface area contributed by atoms with E-state index in [0.29, 0.717) is 5.84 Å². The van der Waals surface area contributed by atoms with E-state index in [0.717, 1.165) is 0 Å². The number of amidine groups is 1. The molecule has 0 saturated heterocycles. The number of halogens is 1. The van der Waals surface area contributed by atoms with Gasteiger partial charge in [0, 0.05) is 0 Å². The summed E-state index contributed by atoms with van der Waals surface area (Å²) < 4.78 is 0. The van der Waals surface area contributed by atoms with Crippen molar-refractivity contribution in [3.8, 4) is 12.3 Å². The highest BCUT2D eigenvalue weighted by atomic mass is 127. The fourth-order valence-electron chi connectivity index (χ4n) is 0.343. The van der Waals surface area contributed by atoms with Gasteiger partial charge in [-0.1, -0.05) is 5.92 Å². The van der Waals surface area contributed by atoms with Gasteiger partial charge in [-0.2, -0.15) is 0 Å². The van der Waals surface area contributed by atoms with Crippen molar-refractivity contribution in [3.05, 3.63) is 0 Å². The number of terminal acetylenes is 1. The molecule has 0 spiro atoms. The van der Waals surface area contributed by atoms with Crippen molar-refractivity contribution in [3.63, 3.8) is 0 Å². The zero-order valence-electron chi connectivity index (χ0n) is 5.59. The number of rotatable bonds is 1. The minimum atomic E-state index is -0.0833. The molecule has 1 unspecified atom stereocenters. The van der Waals surface area contributed by atoms with Crippen LogP contribution in [-0.2, 0) is 0 Å². The zero-order valence-corrected chi connectivity index (χ0v) is 7.92. The molecule has 0 fully saturated rings. The van der Waals surface area contributed by atoms with Crippen molar-refractivity contribution >= 4 is 29.8 Å². The van der Waals surface area contributed by atoms with Crippen molar-refractivity contribution in [1.29, 1.82) is 0 Å². The molecule has 0 saturated carbocycles. The van der Waals surface area contributed by atoms with E-state index < -0.39 is 0 Å². The maximum atomic E-state index is 5.22. The van der Waals surface area contributed by atoms with Crippen molar-refractivity contribution in [2.24, 2.45) is 10.7 Å². The summed E-state index contributed by atoms with van der Waals surface area (Å²) in [7, 11) is 0. The van der Waals surface area contributed by atoms with E-state index in [-0.39, 0.29) is 30.0 Å². The van der Waals surface area contributed by atoms with Crippen LogP contribution in [0.4, 0.5) is 0 Å². The summed E-state index contributed by atoms with van der Waals surface area (Å²) in [5.74, 6) is 2.97. The first kappa shape index (κ1) is 11.5. The van der Waals surface area contributed by atoms with Gasteiger partial charge < -0.3 is 5.73 Å². The summed E-state index contributed by atoms with van der Waals surface area (Å²) in [5.41, 5.74) is 5.22. The Bertz CT molecular complexity index is 130. The highest BCUT2D eigenvalue weighted by Gasteiger charge is 1.87. The molecular formula is C6H11IN2. The van der Waals surface area contributed by atoms with E-state index in [1.54, 1.807) is 6.92 Å². The minimum absolute atomic E-state index is 0. The molecule has 52 valence electrons. The zero-order chi connectivity index (χ0) is 6.57. The summed E-state index contributed by atoms with van der Waals surface area (Å²) in [6, 6.07) is -0.0833. The monoisotopic (exact) mass is 238 g/mol. The van der Waals surface area contributed by atoms with E-state index in [9.17, 15) is 0 Å². The lowest BCUT2D eigenvalue weighted by Gasteiger charge is -1.93. The van der Waals surface area contributed by atoms with Crippen LogP contribution < -0.4 is 5.73 Å². The molecule has 0 bridgehead atoms. The number of nitrogens with zero attached hydrogens (tertiary/aromatic N) is 1. The molecule has 9 heavy (non-hydrogen) atoms. The Morgan fingerprint density at radius 2 is 2.22 bits per heavy atom. The predicted octanol–water partition coefficient (Wildman–Crippen LogP) is 1.00. The second-order valence-corrected chi connectivity index (χ2v) is 1.61. The minimum Gasteiger partial charge on any atom is -0.388 e. The Labute approximate surface area is 72.9 Å². The quantitative estimate of drug-likeness (QED) is 0.315. The van der Waals surface area contributed by atoms with Crippen molar-refractivity contribution in [2.75, 3.05) is 0 Å². The van der Waals surface area contributed by atoms with Crippen LogP contribution in [0, 0.1) is 12.3 Å². The molecule has 0 aliphatic rings.